The van der Waals surface area contributed by atoms with Gasteiger partial charge >= 0.3 is 0 Å². The molecule has 1 aliphatic rings. The summed E-state index contributed by atoms with van der Waals surface area (Å²) >= 11 is 0. The number of nitrogens with zero attached hydrogens (tertiary/aromatic N) is 2. The van der Waals surface area contributed by atoms with Crippen LogP contribution in [0.2, 0.25) is 0 Å². The van der Waals surface area contributed by atoms with Crippen molar-refractivity contribution < 1.29 is 0 Å². The predicted octanol–water partition coefficient (Wildman–Crippen LogP) is 4.77. The Balaban J connectivity index is 2.03. The molecule has 2 heteroatoms. The summed E-state index contributed by atoms with van der Waals surface area (Å²) in [6, 6.07) is 18.7. The molecule has 0 spiro atoms. The van der Waals surface area contributed by atoms with E-state index in [1.54, 1.807) is 0 Å². The Labute approximate surface area is 125 Å². The molecular weight excluding hydrogens is 256 g/mol. The molecule has 0 unspecified atom stereocenters. The summed E-state index contributed by atoms with van der Waals surface area (Å²) < 4.78 is 0. The van der Waals surface area contributed by atoms with Crippen LogP contribution in [-0.4, -0.2) is 5.71 Å². The Morgan fingerprint density at radius 3 is 2.67 bits per heavy atom. The molecule has 1 aliphatic heterocycles. The van der Waals surface area contributed by atoms with Gasteiger partial charge in [-0.05, 0) is 48.4 Å². The third-order valence-electron chi connectivity index (χ3n) is 4.12. The molecule has 21 heavy (non-hydrogen) atoms. The van der Waals surface area contributed by atoms with Crippen molar-refractivity contribution in [2.24, 2.45) is 4.99 Å². The van der Waals surface area contributed by atoms with Crippen molar-refractivity contribution in [1.29, 1.82) is 5.26 Å². The standard InChI is InChI=1S/C19H18N2/c1-2-18-12-17(15-6-4-3-5-7-15)11-16-9-8-14(13-20)10-19(16)21-18/h3-10,17H,2,11-12H2,1H3/t17-/m1/s1. The lowest BCUT2D eigenvalue weighted by molar-refractivity contribution is 0.716. The van der Waals surface area contributed by atoms with Crippen molar-refractivity contribution in [3.63, 3.8) is 0 Å². The van der Waals surface area contributed by atoms with E-state index in [1.165, 1.54) is 16.8 Å². The summed E-state index contributed by atoms with van der Waals surface area (Å²) in [7, 11) is 0. The Hall–Kier alpha value is -2.40. The predicted molar refractivity (Wildman–Crippen MR) is 86.0 cm³/mol. The fourth-order valence-electron chi connectivity index (χ4n) is 2.93. The minimum atomic E-state index is 0.471. The van der Waals surface area contributed by atoms with Gasteiger partial charge in [-0.1, -0.05) is 43.3 Å². The lowest BCUT2D eigenvalue weighted by Crippen LogP contribution is -2.07. The van der Waals surface area contributed by atoms with Crippen LogP contribution >= 0.6 is 0 Å². The van der Waals surface area contributed by atoms with E-state index >= 15 is 0 Å². The van der Waals surface area contributed by atoms with Crippen molar-refractivity contribution >= 4 is 11.4 Å². The number of rotatable bonds is 2. The second-order valence-corrected chi connectivity index (χ2v) is 5.50. The Morgan fingerprint density at radius 2 is 1.95 bits per heavy atom. The zero-order valence-corrected chi connectivity index (χ0v) is 12.2. The van der Waals surface area contributed by atoms with E-state index in [1.807, 2.05) is 12.1 Å². The number of hydrogen-bond acceptors (Lipinski definition) is 2. The first-order valence-corrected chi connectivity index (χ1v) is 7.44. The SMILES string of the molecule is CCC1=Nc2cc(C#N)ccc2C[C@@H](c2ccccc2)C1. The van der Waals surface area contributed by atoms with Crippen LogP contribution in [0.1, 0.15) is 42.4 Å². The smallest absolute Gasteiger partial charge is 0.0992 e. The molecule has 104 valence electrons. The molecule has 0 N–H and O–H groups in total. The van der Waals surface area contributed by atoms with Crippen LogP contribution in [0.15, 0.2) is 53.5 Å². The van der Waals surface area contributed by atoms with Crippen molar-refractivity contribution in [2.75, 3.05) is 0 Å². The summed E-state index contributed by atoms with van der Waals surface area (Å²) in [5.41, 5.74) is 5.50. The van der Waals surface area contributed by atoms with Gasteiger partial charge < -0.3 is 0 Å². The van der Waals surface area contributed by atoms with Crippen molar-refractivity contribution in [3.8, 4) is 6.07 Å². The van der Waals surface area contributed by atoms with Gasteiger partial charge in [0.1, 0.15) is 0 Å². The number of fused-ring (bicyclic) bond motifs is 1. The van der Waals surface area contributed by atoms with Crippen LogP contribution < -0.4 is 0 Å². The summed E-state index contributed by atoms with van der Waals surface area (Å²) in [6.45, 7) is 2.15. The molecule has 2 aromatic carbocycles. The van der Waals surface area contributed by atoms with Crippen LogP contribution in [0, 0.1) is 11.3 Å². The molecule has 0 fully saturated rings. The van der Waals surface area contributed by atoms with Gasteiger partial charge in [0, 0.05) is 5.71 Å². The van der Waals surface area contributed by atoms with Gasteiger partial charge in [-0.25, -0.2) is 0 Å². The molecule has 1 atom stereocenters. The highest BCUT2D eigenvalue weighted by molar-refractivity contribution is 5.88. The van der Waals surface area contributed by atoms with E-state index in [9.17, 15) is 0 Å². The lowest BCUT2D eigenvalue weighted by Gasteiger charge is -2.16. The van der Waals surface area contributed by atoms with Crippen LogP contribution in [0.5, 0.6) is 0 Å². The topological polar surface area (TPSA) is 36.1 Å². The molecule has 0 saturated heterocycles. The molecule has 0 bridgehead atoms. The third kappa shape index (κ3) is 2.87. The van der Waals surface area contributed by atoms with Gasteiger partial charge in [-0.15, -0.1) is 0 Å². The van der Waals surface area contributed by atoms with Gasteiger partial charge in [0.25, 0.3) is 0 Å². The van der Waals surface area contributed by atoms with E-state index in [0.29, 0.717) is 11.5 Å². The quantitative estimate of drug-likeness (QED) is 0.777. The lowest BCUT2D eigenvalue weighted by atomic mass is 9.88. The maximum Gasteiger partial charge on any atom is 0.0992 e. The zero-order chi connectivity index (χ0) is 14.7. The monoisotopic (exact) mass is 274 g/mol. The molecule has 2 aromatic rings. The fourth-order valence-corrected chi connectivity index (χ4v) is 2.93. The average molecular weight is 274 g/mol. The second kappa shape index (κ2) is 5.93. The maximum absolute atomic E-state index is 9.06. The number of hydrogen-bond donors (Lipinski definition) is 0. The molecule has 1 heterocycles. The van der Waals surface area contributed by atoms with E-state index < -0.39 is 0 Å². The minimum absolute atomic E-state index is 0.471. The molecular formula is C19H18N2. The van der Waals surface area contributed by atoms with Crippen LogP contribution in [0.25, 0.3) is 0 Å². The highest BCUT2D eigenvalue weighted by Gasteiger charge is 2.20. The summed E-state index contributed by atoms with van der Waals surface area (Å²) in [5, 5.41) is 9.06. The third-order valence-corrected chi connectivity index (χ3v) is 4.12. The van der Waals surface area contributed by atoms with E-state index in [-0.39, 0.29) is 0 Å². The largest absolute Gasteiger partial charge is 0.258 e. The molecule has 0 aliphatic carbocycles. The fraction of sp³-hybridized carbons (Fsp3) is 0.263. The normalized spacial score (nSPS) is 17.3. The summed E-state index contributed by atoms with van der Waals surface area (Å²) in [6.07, 6.45) is 2.94. The summed E-state index contributed by atoms with van der Waals surface area (Å²) in [5.74, 6) is 0.471. The number of aliphatic imine (C=N–C) groups is 1. The molecule has 0 aromatic heterocycles. The molecule has 0 radical (unpaired) electrons. The highest BCUT2D eigenvalue weighted by Crippen LogP contribution is 2.34. The second-order valence-electron chi connectivity index (χ2n) is 5.50. The van der Waals surface area contributed by atoms with Gasteiger partial charge in [0.05, 0.1) is 17.3 Å². The first-order chi connectivity index (χ1) is 10.3. The average Bonchev–Trinajstić information content (AvgIpc) is 2.74. The van der Waals surface area contributed by atoms with Gasteiger partial charge in [-0.2, -0.15) is 5.26 Å². The molecule has 0 amide bonds. The first kappa shape index (κ1) is 13.6. The van der Waals surface area contributed by atoms with Gasteiger partial charge in [0.15, 0.2) is 0 Å². The maximum atomic E-state index is 9.06. The molecule has 0 saturated carbocycles. The first-order valence-electron chi connectivity index (χ1n) is 7.44. The number of nitriles is 1. The van der Waals surface area contributed by atoms with Gasteiger partial charge in [-0.3, -0.25) is 4.99 Å². The zero-order valence-electron chi connectivity index (χ0n) is 12.2. The van der Waals surface area contributed by atoms with Crippen molar-refractivity contribution in [2.45, 2.75) is 32.1 Å². The Morgan fingerprint density at radius 1 is 1.14 bits per heavy atom. The van der Waals surface area contributed by atoms with Crippen LogP contribution in [-0.2, 0) is 6.42 Å². The summed E-state index contributed by atoms with van der Waals surface area (Å²) in [4.78, 5) is 4.81. The molecule has 2 nitrogen and oxygen atoms in total. The van der Waals surface area contributed by atoms with E-state index in [4.69, 9.17) is 10.3 Å². The van der Waals surface area contributed by atoms with Gasteiger partial charge in [0.2, 0.25) is 0 Å². The minimum Gasteiger partial charge on any atom is -0.258 e. The van der Waals surface area contributed by atoms with E-state index in [0.717, 1.165) is 24.9 Å². The highest BCUT2D eigenvalue weighted by atomic mass is 14.8. The Bertz CT molecular complexity index is 708. The van der Waals surface area contributed by atoms with Crippen molar-refractivity contribution in [1.82, 2.24) is 0 Å². The Kier molecular flexibility index (Phi) is 3.83. The van der Waals surface area contributed by atoms with Crippen LogP contribution in [0.4, 0.5) is 5.69 Å². The van der Waals surface area contributed by atoms with E-state index in [2.05, 4.69) is 49.4 Å². The number of benzene rings is 2. The molecule has 3 rings (SSSR count). The van der Waals surface area contributed by atoms with Crippen LogP contribution in [0.3, 0.4) is 0 Å². The van der Waals surface area contributed by atoms with Crippen molar-refractivity contribution in [3.05, 3.63) is 65.2 Å².